The number of thioether (sulfide) groups is 1. The molecule has 0 radical (unpaired) electrons. The number of nitrogens with one attached hydrogen (secondary N) is 2. The molecule has 1 fully saturated rings. The highest BCUT2D eigenvalue weighted by molar-refractivity contribution is 8.05. The lowest BCUT2D eigenvalue weighted by Crippen LogP contribution is -2.31. The average Bonchev–Trinajstić information content (AvgIpc) is 2.91. The number of anilines is 1. The summed E-state index contributed by atoms with van der Waals surface area (Å²) in [7, 11) is 1.61. The first kappa shape index (κ1) is 18.0. The molecular formula is C18H16Cl2N2O2S. The van der Waals surface area contributed by atoms with Gasteiger partial charge in [-0.05, 0) is 42.3 Å². The Bertz CT molecular complexity index is 855. The van der Waals surface area contributed by atoms with Crippen molar-refractivity contribution in [1.29, 1.82) is 0 Å². The van der Waals surface area contributed by atoms with Crippen molar-refractivity contribution in [3.63, 3.8) is 0 Å². The number of hydrogen-bond acceptors (Lipinski definition) is 4. The van der Waals surface area contributed by atoms with E-state index in [1.165, 1.54) is 11.8 Å². The van der Waals surface area contributed by atoms with Crippen molar-refractivity contribution in [2.45, 2.75) is 12.4 Å². The molecular weight excluding hydrogens is 379 g/mol. The average molecular weight is 395 g/mol. The molecule has 1 unspecified atom stereocenters. The summed E-state index contributed by atoms with van der Waals surface area (Å²) < 4.78 is 5.36. The maximum absolute atomic E-state index is 12.2. The summed E-state index contributed by atoms with van der Waals surface area (Å²) in [5, 5.41) is 7.06. The lowest BCUT2D eigenvalue weighted by molar-refractivity contribution is -0.116. The molecule has 1 aliphatic heterocycles. The largest absolute Gasteiger partial charge is 0.495 e. The van der Waals surface area contributed by atoms with E-state index in [2.05, 4.69) is 10.6 Å². The highest BCUT2D eigenvalue weighted by Gasteiger charge is 2.28. The minimum atomic E-state index is -0.299. The number of aryl methyl sites for hydroxylation is 1. The van der Waals surface area contributed by atoms with Crippen LogP contribution in [0.3, 0.4) is 0 Å². The van der Waals surface area contributed by atoms with Gasteiger partial charge in [0.15, 0.2) is 5.50 Å². The summed E-state index contributed by atoms with van der Waals surface area (Å²) in [6.45, 7) is 2.00. The summed E-state index contributed by atoms with van der Waals surface area (Å²) in [6.07, 6.45) is 1.74. The normalized spacial score (nSPS) is 18.3. The van der Waals surface area contributed by atoms with Gasteiger partial charge in [0.2, 0.25) is 0 Å². The highest BCUT2D eigenvalue weighted by Crippen LogP contribution is 2.35. The monoisotopic (exact) mass is 394 g/mol. The van der Waals surface area contributed by atoms with Crippen molar-refractivity contribution >= 4 is 52.6 Å². The van der Waals surface area contributed by atoms with E-state index in [4.69, 9.17) is 27.9 Å². The Morgan fingerprint density at radius 2 is 2.08 bits per heavy atom. The summed E-state index contributed by atoms with van der Waals surface area (Å²) >= 11 is 13.6. The van der Waals surface area contributed by atoms with Gasteiger partial charge in [-0.15, -0.1) is 0 Å². The molecule has 2 N–H and O–H groups in total. The number of benzene rings is 2. The van der Waals surface area contributed by atoms with Crippen LogP contribution in [0.1, 0.15) is 11.1 Å². The van der Waals surface area contributed by atoms with Crippen LogP contribution in [0.25, 0.3) is 6.08 Å². The van der Waals surface area contributed by atoms with Crippen LogP contribution in [0, 0.1) is 6.92 Å². The van der Waals surface area contributed by atoms with E-state index in [0.29, 0.717) is 20.5 Å². The van der Waals surface area contributed by atoms with E-state index in [1.54, 1.807) is 25.3 Å². The van der Waals surface area contributed by atoms with Gasteiger partial charge in [-0.3, -0.25) is 4.79 Å². The molecule has 0 saturated carbocycles. The fourth-order valence-corrected chi connectivity index (χ4v) is 3.74. The standard InChI is InChI=1S/C18H16Cl2N2O2S/c1-10-6-7-14(24-2)13(8-10)21-18-22-17(23)15(25-18)9-11-4-3-5-12(19)16(11)20/h3-9,18,21H,1-2H3,(H,22,23)/b15-9-. The third kappa shape index (κ3) is 4.06. The van der Waals surface area contributed by atoms with Crippen LogP contribution in [-0.4, -0.2) is 18.5 Å². The Kier molecular flexibility index (Phi) is 5.47. The van der Waals surface area contributed by atoms with E-state index in [0.717, 1.165) is 17.0 Å². The maximum Gasteiger partial charge on any atom is 0.260 e. The zero-order chi connectivity index (χ0) is 18.0. The number of carbonyl (C=O) groups excluding carboxylic acids is 1. The summed E-state index contributed by atoms with van der Waals surface area (Å²) in [6, 6.07) is 11.2. The summed E-state index contributed by atoms with van der Waals surface area (Å²) in [5.41, 5.74) is 2.33. The van der Waals surface area contributed by atoms with Gasteiger partial charge < -0.3 is 15.4 Å². The molecule has 4 nitrogen and oxygen atoms in total. The molecule has 1 heterocycles. The first-order chi connectivity index (χ1) is 12.0. The first-order valence-electron chi connectivity index (χ1n) is 7.52. The van der Waals surface area contributed by atoms with Crippen LogP contribution in [0.5, 0.6) is 5.75 Å². The molecule has 25 heavy (non-hydrogen) atoms. The molecule has 1 aliphatic rings. The van der Waals surface area contributed by atoms with Gasteiger partial charge in [0.1, 0.15) is 5.75 Å². The zero-order valence-corrected chi connectivity index (χ0v) is 15.9. The molecule has 1 saturated heterocycles. The topological polar surface area (TPSA) is 50.4 Å². The van der Waals surface area contributed by atoms with Crippen molar-refractivity contribution < 1.29 is 9.53 Å². The smallest absolute Gasteiger partial charge is 0.260 e. The fourth-order valence-electron chi connectivity index (χ4n) is 2.41. The molecule has 130 valence electrons. The highest BCUT2D eigenvalue weighted by atomic mass is 35.5. The Morgan fingerprint density at radius 3 is 2.84 bits per heavy atom. The van der Waals surface area contributed by atoms with Gasteiger partial charge in [0.05, 0.1) is 27.7 Å². The molecule has 0 spiro atoms. The maximum atomic E-state index is 12.2. The van der Waals surface area contributed by atoms with Crippen LogP contribution >= 0.6 is 35.0 Å². The number of methoxy groups -OCH3 is 1. The lowest BCUT2D eigenvalue weighted by Gasteiger charge is -2.16. The SMILES string of the molecule is COc1ccc(C)cc1NC1NC(=O)/C(=C/c2cccc(Cl)c2Cl)S1. The molecule has 3 rings (SSSR count). The second-order valence-corrected chi connectivity index (χ2v) is 7.40. The third-order valence-corrected chi connectivity index (χ3v) is 5.50. The van der Waals surface area contributed by atoms with Crippen LogP contribution < -0.4 is 15.4 Å². The molecule has 0 aromatic heterocycles. The summed E-state index contributed by atoms with van der Waals surface area (Å²) in [5.74, 6) is 0.556. The van der Waals surface area contributed by atoms with Gasteiger partial charge in [-0.2, -0.15) is 0 Å². The van der Waals surface area contributed by atoms with Crippen LogP contribution in [0.4, 0.5) is 5.69 Å². The molecule has 0 bridgehead atoms. The third-order valence-electron chi connectivity index (χ3n) is 3.64. The quantitative estimate of drug-likeness (QED) is 0.723. The van der Waals surface area contributed by atoms with Crippen molar-refractivity contribution in [3.8, 4) is 5.75 Å². The van der Waals surface area contributed by atoms with E-state index in [9.17, 15) is 4.79 Å². The van der Waals surface area contributed by atoms with Crippen LogP contribution in [0.15, 0.2) is 41.3 Å². The number of halogens is 2. The Hall–Kier alpha value is -1.82. The fraction of sp³-hybridized carbons (Fsp3) is 0.167. The van der Waals surface area contributed by atoms with E-state index in [1.807, 2.05) is 31.2 Å². The van der Waals surface area contributed by atoms with Crippen molar-refractivity contribution in [2.24, 2.45) is 0 Å². The molecule has 1 atom stereocenters. The van der Waals surface area contributed by atoms with Crippen molar-refractivity contribution in [2.75, 3.05) is 12.4 Å². The van der Waals surface area contributed by atoms with Crippen LogP contribution in [0.2, 0.25) is 10.0 Å². The minimum Gasteiger partial charge on any atom is -0.495 e. The van der Waals surface area contributed by atoms with Crippen LogP contribution in [-0.2, 0) is 4.79 Å². The zero-order valence-electron chi connectivity index (χ0n) is 13.6. The van der Waals surface area contributed by atoms with Gasteiger partial charge >= 0.3 is 0 Å². The predicted octanol–water partition coefficient (Wildman–Crippen LogP) is 4.91. The minimum absolute atomic E-state index is 0.162. The number of ether oxygens (including phenoxy) is 1. The molecule has 2 aromatic carbocycles. The lowest BCUT2D eigenvalue weighted by atomic mass is 10.2. The Morgan fingerprint density at radius 1 is 1.28 bits per heavy atom. The second-order valence-electron chi connectivity index (χ2n) is 5.47. The van der Waals surface area contributed by atoms with Gasteiger partial charge in [-0.1, -0.05) is 53.2 Å². The Labute approximate surface area is 160 Å². The van der Waals surface area contributed by atoms with Gasteiger partial charge in [0.25, 0.3) is 5.91 Å². The van der Waals surface area contributed by atoms with E-state index >= 15 is 0 Å². The summed E-state index contributed by atoms with van der Waals surface area (Å²) in [4.78, 5) is 12.8. The number of rotatable bonds is 4. The van der Waals surface area contributed by atoms with E-state index < -0.39 is 0 Å². The van der Waals surface area contributed by atoms with Crippen molar-refractivity contribution in [3.05, 3.63) is 62.5 Å². The molecule has 7 heteroatoms. The number of amides is 1. The molecule has 1 amide bonds. The molecule has 0 aliphatic carbocycles. The number of carbonyl (C=O) groups is 1. The molecule has 2 aromatic rings. The van der Waals surface area contributed by atoms with Gasteiger partial charge in [0, 0.05) is 0 Å². The van der Waals surface area contributed by atoms with Gasteiger partial charge in [-0.25, -0.2) is 0 Å². The predicted molar refractivity (Wildman–Crippen MR) is 105 cm³/mol. The second kappa shape index (κ2) is 7.60. The first-order valence-corrected chi connectivity index (χ1v) is 9.16. The van der Waals surface area contributed by atoms with Crippen molar-refractivity contribution in [1.82, 2.24) is 5.32 Å². The van der Waals surface area contributed by atoms with E-state index in [-0.39, 0.29) is 11.4 Å². The Balaban J connectivity index is 1.80. The number of hydrogen-bond donors (Lipinski definition) is 2.